The molecule has 0 spiro atoms. The first kappa shape index (κ1) is 18.9. The van der Waals surface area contributed by atoms with E-state index in [1.807, 2.05) is 67.6 Å². The zero-order valence-corrected chi connectivity index (χ0v) is 16.8. The molecule has 1 saturated heterocycles. The third-order valence-electron chi connectivity index (χ3n) is 4.66. The van der Waals surface area contributed by atoms with Gasteiger partial charge in [-0.1, -0.05) is 60.3 Å². The molecule has 2 aromatic carbocycles. The van der Waals surface area contributed by atoms with Gasteiger partial charge in [0, 0.05) is 7.05 Å². The van der Waals surface area contributed by atoms with Crippen molar-refractivity contribution in [2.24, 2.45) is 17.3 Å². The minimum Gasteiger partial charge on any atom is -0.283 e. The maximum atomic E-state index is 13.2. The Morgan fingerprint density at radius 2 is 1.66 bits per heavy atom. The molecule has 2 heterocycles. The van der Waals surface area contributed by atoms with Gasteiger partial charge in [-0.2, -0.15) is 5.10 Å². The predicted molar refractivity (Wildman–Crippen MR) is 117 cm³/mol. The van der Waals surface area contributed by atoms with Crippen molar-refractivity contribution in [3.8, 4) is 5.69 Å². The molecule has 0 N–H and O–H groups in total. The van der Waals surface area contributed by atoms with Crippen LogP contribution in [0, 0.1) is 6.92 Å². The highest BCUT2D eigenvalue weighted by Crippen LogP contribution is 2.28. The number of para-hydroxylation sites is 1. The smallest absolute Gasteiger partial charge is 0.283 e. The first-order valence-corrected chi connectivity index (χ1v) is 10.0. The van der Waals surface area contributed by atoms with E-state index in [9.17, 15) is 9.59 Å². The molecular formula is C21H19N5O2S. The molecule has 1 amide bonds. The minimum absolute atomic E-state index is 0.185. The van der Waals surface area contributed by atoms with Crippen molar-refractivity contribution in [2.75, 3.05) is 10.7 Å². The molecular weight excluding hydrogens is 386 g/mol. The van der Waals surface area contributed by atoms with E-state index in [1.54, 1.807) is 22.6 Å². The van der Waals surface area contributed by atoms with Crippen LogP contribution in [0.1, 0.15) is 11.3 Å². The van der Waals surface area contributed by atoms with E-state index in [4.69, 9.17) is 0 Å². The van der Waals surface area contributed by atoms with E-state index < -0.39 is 0 Å². The molecule has 3 aromatic rings. The highest BCUT2D eigenvalue weighted by Gasteiger charge is 2.35. The van der Waals surface area contributed by atoms with Crippen LogP contribution in [-0.2, 0) is 11.8 Å². The lowest BCUT2D eigenvalue weighted by Gasteiger charge is -2.13. The van der Waals surface area contributed by atoms with Crippen molar-refractivity contribution in [3.05, 3.63) is 82.3 Å². The lowest BCUT2D eigenvalue weighted by atomic mass is 10.2. The first-order chi connectivity index (χ1) is 14.1. The molecule has 0 saturated carbocycles. The quantitative estimate of drug-likeness (QED) is 0.495. The molecule has 8 heteroatoms. The Morgan fingerprint density at radius 1 is 1.00 bits per heavy atom. The number of hydrogen-bond donors (Lipinski definition) is 0. The van der Waals surface area contributed by atoms with Crippen LogP contribution in [0.25, 0.3) is 5.69 Å². The number of aromatic nitrogens is 2. The molecule has 29 heavy (non-hydrogen) atoms. The second-order valence-corrected chi connectivity index (χ2v) is 7.41. The zero-order chi connectivity index (χ0) is 20.4. The van der Waals surface area contributed by atoms with E-state index in [1.165, 1.54) is 16.7 Å². The van der Waals surface area contributed by atoms with Crippen molar-refractivity contribution in [2.45, 2.75) is 6.92 Å². The Kier molecular flexibility index (Phi) is 5.18. The van der Waals surface area contributed by atoms with Crippen molar-refractivity contribution < 1.29 is 4.79 Å². The normalized spacial score (nSPS) is 15.7. The van der Waals surface area contributed by atoms with Crippen molar-refractivity contribution in [1.82, 2.24) is 9.36 Å². The van der Waals surface area contributed by atoms with Crippen molar-refractivity contribution >= 4 is 34.7 Å². The SMILES string of the molecule is Cc1c(N2C(=O)CS/C2=N\N=C\c2ccccc2)c(=O)n(-c2ccccc2)n1C. The summed E-state index contributed by atoms with van der Waals surface area (Å²) in [6, 6.07) is 18.9. The lowest BCUT2D eigenvalue weighted by Crippen LogP contribution is -2.34. The molecule has 7 nitrogen and oxygen atoms in total. The predicted octanol–water partition coefficient (Wildman–Crippen LogP) is 2.95. The van der Waals surface area contributed by atoms with Crippen LogP contribution in [-0.4, -0.2) is 32.4 Å². The fraction of sp³-hybridized carbons (Fsp3) is 0.143. The number of amides is 1. The number of anilines is 1. The summed E-state index contributed by atoms with van der Waals surface area (Å²) in [6.45, 7) is 1.82. The number of hydrogen-bond acceptors (Lipinski definition) is 5. The minimum atomic E-state index is -0.271. The average molecular weight is 405 g/mol. The van der Waals surface area contributed by atoms with Gasteiger partial charge in [0.1, 0.15) is 5.69 Å². The van der Waals surface area contributed by atoms with Crippen LogP contribution in [0.2, 0.25) is 0 Å². The second-order valence-electron chi connectivity index (χ2n) is 6.47. The van der Waals surface area contributed by atoms with Crippen LogP contribution in [0.15, 0.2) is 75.7 Å². The van der Waals surface area contributed by atoms with Crippen LogP contribution < -0.4 is 10.5 Å². The van der Waals surface area contributed by atoms with Crippen LogP contribution in [0.4, 0.5) is 5.69 Å². The highest BCUT2D eigenvalue weighted by atomic mass is 32.2. The van der Waals surface area contributed by atoms with Crippen LogP contribution >= 0.6 is 11.8 Å². The van der Waals surface area contributed by atoms with E-state index >= 15 is 0 Å². The van der Waals surface area contributed by atoms with E-state index in [0.717, 1.165) is 11.3 Å². The molecule has 0 atom stereocenters. The Bertz CT molecular complexity index is 1160. The summed E-state index contributed by atoms with van der Waals surface area (Å²) in [4.78, 5) is 27.2. The number of thioether (sulfide) groups is 1. The van der Waals surface area contributed by atoms with E-state index in [2.05, 4.69) is 10.2 Å². The summed E-state index contributed by atoms with van der Waals surface area (Å²) in [7, 11) is 1.80. The summed E-state index contributed by atoms with van der Waals surface area (Å²) in [5, 5.41) is 8.73. The Morgan fingerprint density at radius 3 is 2.34 bits per heavy atom. The maximum absolute atomic E-state index is 13.2. The van der Waals surface area contributed by atoms with Crippen molar-refractivity contribution in [1.29, 1.82) is 0 Å². The van der Waals surface area contributed by atoms with Crippen molar-refractivity contribution in [3.63, 3.8) is 0 Å². The van der Waals surface area contributed by atoms with Gasteiger partial charge in [-0.3, -0.25) is 14.3 Å². The summed E-state index contributed by atoms with van der Waals surface area (Å²) in [5.41, 5.74) is 2.34. The Labute approximate surface area is 172 Å². The number of nitrogens with zero attached hydrogens (tertiary/aromatic N) is 5. The molecule has 0 aliphatic carbocycles. The summed E-state index contributed by atoms with van der Waals surface area (Å²) in [5.74, 6) is 0.0355. The highest BCUT2D eigenvalue weighted by molar-refractivity contribution is 8.15. The zero-order valence-electron chi connectivity index (χ0n) is 16.0. The van der Waals surface area contributed by atoms with Gasteiger partial charge in [0.15, 0.2) is 5.17 Å². The molecule has 4 rings (SSSR count). The van der Waals surface area contributed by atoms with Gasteiger partial charge in [-0.25, -0.2) is 9.58 Å². The van der Waals surface area contributed by atoms with E-state index in [0.29, 0.717) is 16.5 Å². The lowest BCUT2D eigenvalue weighted by molar-refractivity contribution is -0.115. The molecule has 1 aliphatic heterocycles. The van der Waals surface area contributed by atoms with Gasteiger partial charge in [-0.15, -0.1) is 5.10 Å². The van der Waals surface area contributed by atoms with E-state index in [-0.39, 0.29) is 17.2 Å². The Balaban J connectivity index is 1.75. The van der Waals surface area contributed by atoms with Gasteiger partial charge in [0.05, 0.1) is 23.3 Å². The number of rotatable bonds is 4. The van der Waals surface area contributed by atoms with Gasteiger partial charge in [0.2, 0.25) is 5.91 Å². The topological polar surface area (TPSA) is 72.0 Å². The number of benzene rings is 2. The molecule has 0 unspecified atom stereocenters. The number of carbonyl (C=O) groups is 1. The number of amidine groups is 1. The Hall–Kier alpha value is -3.39. The van der Waals surface area contributed by atoms with Gasteiger partial charge in [-0.05, 0) is 24.6 Å². The fourth-order valence-corrected chi connectivity index (χ4v) is 3.96. The summed E-state index contributed by atoms with van der Waals surface area (Å²) >= 11 is 1.27. The molecule has 146 valence electrons. The second kappa shape index (κ2) is 7.92. The molecule has 1 fully saturated rings. The molecule has 1 aliphatic rings. The third-order valence-corrected chi connectivity index (χ3v) is 5.58. The first-order valence-electron chi connectivity index (χ1n) is 9.04. The maximum Gasteiger partial charge on any atom is 0.296 e. The monoisotopic (exact) mass is 405 g/mol. The van der Waals surface area contributed by atoms with Gasteiger partial charge >= 0.3 is 0 Å². The van der Waals surface area contributed by atoms with Gasteiger partial charge in [0.25, 0.3) is 5.56 Å². The molecule has 0 bridgehead atoms. The summed E-state index contributed by atoms with van der Waals surface area (Å²) in [6.07, 6.45) is 1.62. The van der Waals surface area contributed by atoms with Crippen LogP contribution in [0.3, 0.4) is 0 Å². The molecule has 1 aromatic heterocycles. The largest absolute Gasteiger partial charge is 0.296 e. The van der Waals surface area contributed by atoms with Crippen LogP contribution in [0.5, 0.6) is 0 Å². The van der Waals surface area contributed by atoms with Gasteiger partial charge < -0.3 is 0 Å². The molecule has 0 radical (unpaired) electrons. The third kappa shape index (κ3) is 3.54. The fourth-order valence-electron chi connectivity index (χ4n) is 3.15. The average Bonchev–Trinajstić information content (AvgIpc) is 3.20. The summed E-state index contributed by atoms with van der Waals surface area (Å²) < 4.78 is 3.29. The number of carbonyl (C=O) groups excluding carboxylic acids is 1. The standard InChI is InChI=1S/C21H19N5O2S/c1-15-19(20(28)26(24(15)2)17-11-7-4-8-12-17)25-18(27)14-29-21(25)23-22-13-16-9-5-3-6-10-16/h3-13H,14H2,1-2H3/b22-13+,23-21-.